The molecule has 0 aliphatic carbocycles. The van der Waals surface area contributed by atoms with E-state index in [1.54, 1.807) is 6.07 Å². The number of nitrogens with one attached hydrogen (secondary N) is 1. The zero-order valence-electron chi connectivity index (χ0n) is 14.7. The lowest BCUT2D eigenvalue weighted by Gasteiger charge is -2.17. The maximum Gasteiger partial charge on any atom is 0.408 e. The number of ether oxygens (including phenoxy) is 2. The number of carbonyl (C=O) groups is 2. The lowest BCUT2D eigenvalue weighted by atomic mass is 10.0. The minimum Gasteiger partial charge on any atom is -0.467 e. The fourth-order valence-electron chi connectivity index (χ4n) is 2.34. The van der Waals surface area contributed by atoms with Gasteiger partial charge in [0.1, 0.15) is 12.6 Å². The van der Waals surface area contributed by atoms with Crippen LogP contribution in [-0.4, -0.2) is 25.2 Å². The van der Waals surface area contributed by atoms with E-state index in [-0.39, 0.29) is 25.4 Å². The summed E-state index contributed by atoms with van der Waals surface area (Å²) >= 11 is 0. The number of carbonyl (C=O) groups excluding carboxylic acids is 2. The van der Waals surface area contributed by atoms with Gasteiger partial charge < -0.3 is 20.5 Å². The number of methoxy groups -OCH3 is 1. The van der Waals surface area contributed by atoms with Crippen LogP contribution in [0.15, 0.2) is 48.5 Å². The van der Waals surface area contributed by atoms with Gasteiger partial charge in [-0.25, -0.2) is 9.59 Å². The second kappa shape index (κ2) is 10.3. The number of halogens is 1. The fraction of sp³-hybridized carbons (Fsp3) is 0.263. The molecule has 7 heteroatoms. The van der Waals surface area contributed by atoms with Crippen molar-refractivity contribution in [3.63, 3.8) is 0 Å². The van der Waals surface area contributed by atoms with Gasteiger partial charge in [0.25, 0.3) is 0 Å². The molecule has 3 N–H and O–H groups in total. The third-order valence-corrected chi connectivity index (χ3v) is 3.76. The van der Waals surface area contributed by atoms with Crippen molar-refractivity contribution in [3.8, 4) is 0 Å². The Labute approximate surface area is 159 Å². The molecule has 0 radical (unpaired) electrons. The number of anilines is 1. The Balaban J connectivity index is 0.00000338. The van der Waals surface area contributed by atoms with E-state index in [1.165, 1.54) is 7.11 Å². The van der Waals surface area contributed by atoms with Gasteiger partial charge in [0.15, 0.2) is 0 Å². The number of esters is 1. The number of hydrogen-bond acceptors (Lipinski definition) is 5. The second-order valence-corrected chi connectivity index (χ2v) is 5.68. The van der Waals surface area contributed by atoms with E-state index in [1.807, 2.05) is 49.4 Å². The topological polar surface area (TPSA) is 90.6 Å². The maximum atomic E-state index is 12.0. The largest absolute Gasteiger partial charge is 0.467 e. The van der Waals surface area contributed by atoms with Crippen LogP contribution < -0.4 is 11.1 Å². The summed E-state index contributed by atoms with van der Waals surface area (Å²) in [6.07, 6.45) is -0.389. The molecule has 0 aliphatic heterocycles. The third kappa shape index (κ3) is 6.29. The van der Waals surface area contributed by atoms with Gasteiger partial charge in [0, 0.05) is 12.1 Å². The number of nitrogens with two attached hydrogens (primary N) is 1. The summed E-state index contributed by atoms with van der Waals surface area (Å²) in [4.78, 5) is 24.0. The predicted molar refractivity (Wildman–Crippen MR) is 102 cm³/mol. The number of aryl methyl sites for hydroxylation is 1. The molecular formula is C19H23ClN2O4. The van der Waals surface area contributed by atoms with E-state index in [9.17, 15) is 9.59 Å². The van der Waals surface area contributed by atoms with E-state index in [4.69, 9.17) is 15.2 Å². The maximum absolute atomic E-state index is 12.0. The molecule has 140 valence electrons. The van der Waals surface area contributed by atoms with E-state index >= 15 is 0 Å². The average Bonchev–Trinajstić information content (AvgIpc) is 2.62. The van der Waals surface area contributed by atoms with Gasteiger partial charge in [-0.2, -0.15) is 0 Å². The van der Waals surface area contributed by atoms with Crippen molar-refractivity contribution in [2.75, 3.05) is 12.8 Å². The van der Waals surface area contributed by atoms with Crippen LogP contribution in [-0.2, 0) is 27.3 Å². The van der Waals surface area contributed by atoms with Gasteiger partial charge >= 0.3 is 12.1 Å². The SMILES string of the molecule is COC(=O)[C@H](Cc1ccc(N)c(C)c1)NC(=O)OCc1ccccc1.Cl. The zero-order valence-corrected chi connectivity index (χ0v) is 15.5. The fourth-order valence-corrected chi connectivity index (χ4v) is 2.34. The lowest BCUT2D eigenvalue weighted by molar-refractivity contribution is -0.143. The zero-order chi connectivity index (χ0) is 18.2. The number of nitrogen functional groups attached to an aromatic ring is 1. The van der Waals surface area contributed by atoms with E-state index in [0.717, 1.165) is 16.7 Å². The van der Waals surface area contributed by atoms with Crippen LogP contribution in [0.3, 0.4) is 0 Å². The van der Waals surface area contributed by atoms with Gasteiger partial charge in [-0.3, -0.25) is 0 Å². The molecule has 6 nitrogen and oxygen atoms in total. The molecule has 0 aliphatic rings. The van der Waals surface area contributed by atoms with Gasteiger partial charge in [-0.1, -0.05) is 42.5 Å². The Hall–Kier alpha value is -2.73. The summed E-state index contributed by atoms with van der Waals surface area (Å²) in [6, 6.07) is 13.9. The Morgan fingerprint density at radius 1 is 1.12 bits per heavy atom. The molecule has 2 rings (SSSR count). The summed E-state index contributed by atoms with van der Waals surface area (Å²) in [5, 5.41) is 2.55. The highest BCUT2D eigenvalue weighted by Crippen LogP contribution is 2.14. The highest BCUT2D eigenvalue weighted by molar-refractivity contribution is 5.85. The molecule has 0 aromatic heterocycles. The van der Waals surface area contributed by atoms with Crippen LogP contribution in [0.4, 0.5) is 10.5 Å². The predicted octanol–water partition coefficient (Wildman–Crippen LogP) is 3.01. The van der Waals surface area contributed by atoms with Gasteiger partial charge in [0.05, 0.1) is 7.11 Å². The molecule has 0 unspecified atom stereocenters. The second-order valence-electron chi connectivity index (χ2n) is 5.68. The molecule has 0 saturated heterocycles. The summed E-state index contributed by atoms with van der Waals surface area (Å²) in [6.45, 7) is 2.01. The van der Waals surface area contributed by atoms with Gasteiger partial charge in [0.2, 0.25) is 0 Å². The molecule has 0 fully saturated rings. The molecule has 0 saturated carbocycles. The van der Waals surface area contributed by atoms with E-state index in [0.29, 0.717) is 5.69 Å². The molecular weight excluding hydrogens is 356 g/mol. The van der Waals surface area contributed by atoms with Crippen LogP contribution in [0.1, 0.15) is 16.7 Å². The third-order valence-electron chi connectivity index (χ3n) is 3.76. The average molecular weight is 379 g/mol. The van der Waals surface area contributed by atoms with Gasteiger partial charge in [-0.15, -0.1) is 12.4 Å². The number of alkyl carbamates (subject to hydrolysis) is 1. The summed E-state index contributed by atoms with van der Waals surface area (Å²) in [7, 11) is 1.28. The first-order chi connectivity index (χ1) is 12.0. The van der Waals surface area contributed by atoms with E-state index in [2.05, 4.69) is 5.32 Å². The molecule has 0 heterocycles. The van der Waals surface area contributed by atoms with Crippen LogP contribution in [0.5, 0.6) is 0 Å². The highest BCUT2D eigenvalue weighted by atomic mass is 35.5. The normalized spacial score (nSPS) is 11.0. The smallest absolute Gasteiger partial charge is 0.408 e. The van der Waals surface area contributed by atoms with Crippen molar-refractivity contribution in [2.45, 2.75) is 26.0 Å². The Morgan fingerprint density at radius 3 is 2.42 bits per heavy atom. The lowest BCUT2D eigenvalue weighted by Crippen LogP contribution is -2.43. The van der Waals surface area contributed by atoms with Crippen molar-refractivity contribution < 1.29 is 19.1 Å². The van der Waals surface area contributed by atoms with Crippen LogP contribution >= 0.6 is 12.4 Å². The number of benzene rings is 2. The first kappa shape index (κ1) is 21.3. The first-order valence-electron chi connectivity index (χ1n) is 7.89. The van der Waals surface area contributed by atoms with E-state index < -0.39 is 18.1 Å². The minimum absolute atomic E-state index is 0. The minimum atomic E-state index is -0.837. The number of hydrogen-bond donors (Lipinski definition) is 2. The van der Waals surface area contributed by atoms with Gasteiger partial charge in [-0.05, 0) is 29.7 Å². The van der Waals surface area contributed by atoms with Crippen molar-refractivity contribution >= 4 is 30.2 Å². The van der Waals surface area contributed by atoms with Crippen LogP contribution in [0, 0.1) is 6.92 Å². The Kier molecular flexibility index (Phi) is 8.45. The molecule has 2 aromatic rings. The Bertz CT molecular complexity index is 738. The molecule has 1 amide bonds. The molecule has 0 spiro atoms. The van der Waals surface area contributed by atoms with Crippen molar-refractivity contribution in [1.29, 1.82) is 0 Å². The monoisotopic (exact) mass is 378 g/mol. The Morgan fingerprint density at radius 2 is 1.81 bits per heavy atom. The molecule has 2 aromatic carbocycles. The summed E-state index contributed by atoms with van der Waals surface area (Å²) < 4.78 is 9.92. The van der Waals surface area contributed by atoms with Crippen molar-refractivity contribution in [3.05, 3.63) is 65.2 Å². The number of rotatable bonds is 6. The van der Waals surface area contributed by atoms with Crippen molar-refractivity contribution in [1.82, 2.24) is 5.32 Å². The van der Waals surface area contributed by atoms with Crippen LogP contribution in [0.25, 0.3) is 0 Å². The molecule has 26 heavy (non-hydrogen) atoms. The molecule has 1 atom stereocenters. The first-order valence-corrected chi connectivity index (χ1v) is 7.89. The highest BCUT2D eigenvalue weighted by Gasteiger charge is 2.23. The molecule has 0 bridgehead atoms. The summed E-state index contributed by atoms with van der Waals surface area (Å²) in [5.74, 6) is -0.536. The summed E-state index contributed by atoms with van der Waals surface area (Å²) in [5.41, 5.74) is 9.11. The standard InChI is InChI=1S/C19H22N2O4.ClH/c1-13-10-15(8-9-16(13)20)11-17(18(22)24-2)21-19(23)25-12-14-6-4-3-5-7-14;/h3-10,17H,11-12,20H2,1-2H3,(H,21,23);1H/t17-;/m0./s1. The van der Waals surface area contributed by atoms with Crippen molar-refractivity contribution in [2.24, 2.45) is 0 Å². The quantitative estimate of drug-likeness (QED) is 0.595. The van der Waals surface area contributed by atoms with Crippen LogP contribution in [0.2, 0.25) is 0 Å². The number of amides is 1.